The Morgan fingerprint density at radius 2 is 1.20 bits per heavy atom. The maximum absolute atomic E-state index is 11.1. The van der Waals surface area contributed by atoms with Crippen LogP contribution in [0.25, 0.3) is 0 Å². The molecule has 4 heterocycles. The fraction of sp³-hybridized carbons (Fsp3) is 0.967. The average Bonchev–Trinajstić information content (AvgIpc) is 3.77. The van der Waals surface area contributed by atoms with Gasteiger partial charge in [-0.1, -0.05) is 25.7 Å². The van der Waals surface area contributed by atoms with Crippen LogP contribution in [0.15, 0.2) is 0 Å². The van der Waals surface area contributed by atoms with Crippen molar-refractivity contribution in [3.05, 3.63) is 0 Å². The summed E-state index contributed by atoms with van der Waals surface area (Å²) in [5.74, 6) is -0.0300. The van der Waals surface area contributed by atoms with Crippen LogP contribution in [-0.2, 0) is 38.0 Å². The maximum atomic E-state index is 11.1. The zero-order valence-corrected chi connectivity index (χ0v) is 26.5. The van der Waals surface area contributed by atoms with E-state index in [0.29, 0.717) is 26.1 Å². The summed E-state index contributed by atoms with van der Waals surface area (Å²) < 4.78 is 38.4. The lowest BCUT2D eigenvalue weighted by Gasteiger charge is -2.22. The van der Waals surface area contributed by atoms with Gasteiger partial charge in [-0.3, -0.25) is 4.79 Å². The van der Waals surface area contributed by atoms with Gasteiger partial charge in [-0.05, 0) is 31.7 Å². The number of unbranched alkanes of at least 4 members (excludes halogenated alkanes) is 5. The first-order valence-corrected chi connectivity index (χ1v) is 16.4. The molecule has 0 aromatic rings. The van der Waals surface area contributed by atoms with Crippen molar-refractivity contribution >= 4 is 5.97 Å². The lowest BCUT2D eigenvalue weighted by atomic mass is 10.1. The fourth-order valence-electron chi connectivity index (χ4n) is 6.22. The van der Waals surface area contributed by atoms with E-state index < -0.39 is 73.8 Å². The third kappa shape index (κ3) is 10.2. The van der Waals surface area contributed by atoms with Crippen LogP contribution < -0.4 is 0 Å². The van der Waals surface area contributed by atoms with E-state index >= 15 is 0 Å². The minimum atomic E-state index is -1.45. The molecule has 0 bridgehead atoms. The van der Waals surface area contributed by atoms with E-state index in [9.17, 15) is 40.5 Å². The second-order valence-electron chi connectivity index (χ2n) is 12.7. The number of likely N-dealkylation sites (tertiary alicyclic amines) is 1. The molecule has 16 heteroatoms. The number of carbonyl (C=O) groups is 1. The number of hydrogen-bond acceptors (Lipinski definition) is 16. The molecule has 0 spiro atoms. The molecule has 4 fully saturated rings. The molecule has 13 atom stereocenters. The molecule has 0 aromatic carbocycles. The third-order valence-corrected chi connectivity index (χ3v) is 9.16. The van der Waals surface area contributed by atoms with E-state index in [1.807, 2.05) is 4.90 Å². The molecular weight excluding hydrogens is 614 g/mol. The van der Waals surface area contributed by atoms with E-state index in [1.54, 1.807) is 0 Å². The van der Waals surface area contributed by atoms with Crippen LogP contribution >= 0.6 is 0 Å². The SMILES string of the molecule is COC(=O)CCCCCCCCO[C@H]1O[C@H](CO[C@H]2O[C@H](CO[C@H]3O[C@H](CN4CC[C@H](CO)C4)[C@@H](O)[C@@H]3O)[C@@H](O)[C@@H]2O)[C@@H](O)[C@@H]1O. The summed E-state index contributed by atoms with van der Waals surface area (Å²) in [5.41, 5.74) is 0. The highest BCUT2D eigenvalue weighted by Crippen LogP contribution is 2.29. The summed E-state index contributed by atoms with van der Waals surface area (Å²) >= 11 is 0. The van der Waals surface area contributed by atoms with Gasteiger partial charge in [0, 0.05) is 32.7 Å². The molecule has 4 rings (SSSR count). The van der Waals surface area contributed by atoms with E-state index in [-0.39, 0.29) is 31.7 Å². The normalized spacial score (nSPS) is 39.9. The number of rotatable bonds is 19. The molecule has 0 unspecified atom stereocenters. The number of aliphatic hydroxyl groups is 7. The van der Waals surface area contributed by atoms with Crippen molar-refractivity contribution < 1.29 is 73.7 Å². The molecule has 4 aliphatic heterocycles. The molecule has 0 amide bonds. The summed E-state index contributed by atoms with van der Waals surface area (Å²) in [6, 6.07) is 0. The van der Waals surface area contributed by atoms with Gasteiger partial charge in [0.15, 0.2) is 18.9 Å². The highest BCUT2D eigenvalue weighted by molar-refractivity contribution is 5.68. The van der Waals surface area contributed by atoms with Crippen LogP contribution in [0.1, 0.15) is 51.4 Å². The second-order valence-corrected chi connectivity index (χ2v) is 12.7. The van der Waals surface area contributed by atoms with Crippen molar-refractivity contribution in [1.82, 2.24) is 4.90 Å². The first-order chi connectivity index (χ1) is 22.1. The fourth-order valence-corrected chi connectivity index (χ4v) is 6.22. The molecule has 0 saturated carbocycles. The molecule has 7 N–H and O–H groups in total. The Hall–Kier alpha value is -1.09. The van der Waals surface area contributed by atoms with Crippen LogP contribution in [0, 0.1) is 5.92 Å². The summed E-state index contributed by atoms with van der Waals surface area (Å²) in [5, 5.41) is 72.0. The second kappa shape index (κ2) is 18.6. The standard InChI is InChI=1S/C30H53NO15/c1-40-21(33)8-6-4-2-3-5-7-11-41-28-26(38)23(35)19(45-28)15-43-30-27(39)24(36)20(46-30)16-42-29-25(37)22(34)18(44-29)13-31-10-9-17(12-31)14-32/h17-20,22-30,32,34-39H,2-16H2,1H3/t17-,18+,19+,20+,22+,23+,24+,25-,26-,27-,28-,29-,30-/m0/s1. The smallest absolute Gasteiger partial charge is 0.305 e. The molecule has 16 nitrogen and oxygen atoms in total. The van der Waals surface area contributed by atoms with Gasteiger partial charge >= 0.3 is 5.97 Å². The van der Waals surface area contributed by atoms with Crippen molar-refractivity contribution in [2.24, 2.45) is 5.92 Å². The van der Waals surface area contributed by atoms with Gasteiger partial charge in [0.1, 0.15) is 54.9 Å². The predicted molar refractivity (Wildman–Crippen MR) is 156 cm³/mol. The highest BCUT2D eigenvalue weighted by Gasteiger charge is 2.49. The molecule has 46 heavy (non-hydrogen) atoms. The maximum Gasteiger partial charge on any atom is 0.305 e. The number of nitrogens with zero attached hydrogens (tertiary/aromatic N) is 1. The van der Waals surface area contributed by atoms with Gasteiger partial charge in [0.25, 0.3) is 0 Å². The molecule has 0 radical (unpaired) electrons. The van der Waals surface area contributed by atoms with E-state index in [1.165, 1.54) is 7.11 Å². The average molecular weight is 668 g/mol. The zero-order chi connectivity index (χ0) is 33.2. The summed E-state index contributed by atoms with van der Waals surface area (Å²) in [7, 11) is 1.38. The minimum Gasteiger partial charge on any atom is -0.469 e. The highest BCUT2D eigenvalue weighted by atomic mass is 16.7. The van der Waals surface area contributed by atoms with Crippen LogP contribution in [0.4, 0.5) is 0 Å². The molecule has 0 aliphatic carbocycles. The van der Waals surface area contributed by atoms with Gasteiger partial charge in [-0.2, -0.15) is 0 Å². The van der Waals surface area contributed by atoms with E-state index in [4.69, 9.17) is 28.4 Å². The topological polar surface area (TPSA) is 227 Å². The largest absolute Gasteiger partial charge is 0.469 e. The van der Waals surface area contributed by atoms with Gasteiger partial charge < -0.3 is 73.8 Å². The molecule has 268 valence electrons. The molecule has 0 aromatic heterocycles. The minimum absolute atomic E-state index is 0.0919. The Bertz CT molecular complexity index is 902. The molecule has 4 saturated heterocycles. The Labute approximate surface area is 269 Å². The number of carbonyl (C=O) groups excluding carboxylic acids is 1. The van der Waals surface area contributed by atoms with Gasteiger partial charge in [-0.15, -0.1) is 0 Å². The van der Waals surface area contributed by atoms with Crippen LogP contribution in [0.2, 0.25) is 0 Å². The van der Waals surface area contributed by atoms with Crippen molar-refractivity contribution in [2.75, 3.05) is 53.2 Å². The zero-order valence-electron chi connectivity index (χ0n) is 26.5. The van der Waals surface area contributed by atoms with Crippen LogP contribution in [-0.4, -0.2) is 174 Å². The van der Waals surface area contributed by atoms with Crippen molar-refractivity contribution in [2.45, 2.75) is 125 Å². The summed E-state index contributed by atoms with van der Waals surface area (Å²) in [4.78, 5) is 13.2. The van der Waals surface area contributed by atoms with Crippen molar-refractivity contribution in [3.8, 4) is 0 Å². The van der Waals surface area contributed by atoms with Gasteiger partial charge in [0.05, 0.1) is 20.3 Å². The Morgan fingerprint density at radius 1 is 0.696 bits per heavy atom. The summed E-state index contributed by atoms with van der Waals surface area (Å²) in [6.45, 7) is 1.65. The Balaban J connectivity index is 1.11. The number of hydrogen-bond donors (Lipinski definition) is 7. The third-order valence-electron chi connectivity index (χ3n) is 9.16. The number of esters is 1. The molecule has 4 aliphatic rings. The van der Waals surface area contributed by atoms with Crippen molar-refractivity contribution in [1.29, 1.82) is 0 Å². The summed E-state index contributed by atoms with van der Waals surface area (Å²) in [6.07, 6.45) is -7.62. The first kappa shape index (κ1) is 37.7. The predicted octanol–water partition coefficient (Wildman–Crippen LogP) is -2.41. The Kier molecular flexibility index (Phi) is 15.3. The van der Waals surface area contributed by atoms with Crippen molar-refractivity contribution in [3.63, 3.8) is 0 Å². The number of ether oxygens (including phenoxy) is 7. The van der Waals surface area contributed by atoms with Gasteiger partial charge in [0.2, 0.25) is 0 Å². The lowest BCUT2D eigenvalue weighted by Crippen LogP contribution is -2.40. The van der Waals surface area contributed by atoms with Gasteiger partial charge in [-0.25, -0.2) is 0 Å². The van der Waals surface area contributed by atoms with Crippen LogP contribution in [0.3, 0.4) is 0 Å². The quantitative estimate of drug-likeness (QED) is 0.0563. The van der Waals surface area contributed by atoms with Crippen LogP contribution in [0.5, 0.6) is 0 Å². The number of aliphatic hydroxyl groups excluding tert-OH is 7. The Morgan fingerprint density at radius 3 is 1.74 bits per heavy atom. The number of methoxy groups -OCH3 is 1. The monoisotopic (exact) mass is 667 g/mol. The molecular formula is C30H53NO15. The first-order valence-electron chi connectivity index (χ1n) is 16.4. The van der Waals surface area contributed by atoms with E-state index in [2.05, 4.69) is 4.74 Å². The lowest BCUT2D eigenvalue weighted by molar-refractivity contribution is -0.218. The van der Waals surface area contributed by atoms with E-state index in [0.717, 1.165) is 51.5 Å².